The van der Waals surface area contributed by atoms with Gasteiger partial charge in [0.1, 0.15) is 13.2 Å². The van der Waals surface area contributed by atoms with Gasteiger partial charge in [0.25, 0.3) is 7.82 Å². The van der Waals surface area contributed by atoms with Gasteiger partial charge in [-0.25, -0.2) is 0 Å². The van der Waals surface area contributed by atoms with E-state index in [1.807, 2.05) is 18.2 Å². The van der Waals surface area contributed by atoms with Gasteiger partial charge >= 0.3 is 11.9 Å². The lowest BCUT2D eigenvalue weighted by Gasteiger charge is -2.28. The van der Waals surface area contributed by atoms with Crippen LogP contribution in [0.5, 0.6) is 0 Å². The summed E-state index contributed by atoms with van der Waals surface area (Å²) in [6.07, 6.45) is 43.2. The highest BCUT2D eigenvalue weighted by molar-refractivity contribution is 7.45. The van der Waals surface area contributed by atoms with Crippen LogP contribution >= 0.6 is 7.82 Å². The average Bonchev–Trinajstić information content (AvgIpc) is 3.14. The quantitative estimate of drug-likeness (QED) is 0.0216. The van der Waals surface area contributed by atoms with Gasteiger partial charge < -0.3 is 28.3 Å². The summed E-state index contributed by atoms with van der Waals surface area (Å²) in [5, 5.41) is 8.64. The monoisotopic (exact) mass is 783 g/mol. The predicted octanol–water partition coefficient (Wildman–Crippen LogP) is 11.2. The number of aliphatic carboxylic acids is 1. The first kappa shape index (κ1) is 46.1. The maximum atomic E-state index is 12.5. The second kappa shape index (κ2) is 36.4. The van der Waals surface area contributed by atoms with Gasteiger partial charge in [0.05, 0.1) is 38.4 Å². The third kappa shape index (κ3) is 40.9. The molecular weight excluding hydrogens is 701 g/mol. The first-order valence-electron chi connectivity index (χ1n) is 22.3. The number of carbonyl (C=O) groups excluding carboxylic acids is 1. The number of ether oxygens (including phenoxy) is 1. The van der Waals surface area contributed by atoms with Crippen molar-refractivity contribution in [2.24, 2.45) is 5.92 Å². The van der Waals surface area contributed by atoms with Gasteiger partial charge in [-0.1, -0.05) is 145 Å². The zero-order chi connectivity index (χ0) is 42.5. The number of phosphoric ester groups is 1. The van der Waals surface area contributed by atoms with Gasteiger partial charge in [0.15, 0.2) is 0 Å². The molecule has 1 N–H and O–H groups in total. The van der Waals surface area contributed by atoms with Crippen molar-refractivity contribution < 1.29 is 46.5 Å². The molecule has 0 amide bonds. The van der Waals surface area contributed by atoms with E-state index in [0.29, 0.717) is 25.7 Å². The molecule has 10 heteroatoms. The standard InChI is InChI=1S/C44H78NO8P/c1-5-6-7-8-9-10-11-17-22-25-28-31-34-37-44(48)51-40-42(41-53-54(49,50)52-39-38-45(2,3)4)35-32-29-26-23-20-18-15-13-12-14-16-19-21-24-27-30-33-36-43(46)47/h12-13,16,18-20,24,26-27,29,42H,5-11,14-15,17,21-23,25,28,30-41H2,1-4H3,(H-,46,47,49,50)/b13-12-,19-16-,20-18-,27-24-,29-26-/i2D3. The Balaban J connectivity index is 4.60. The van der Waals surface area contributed by atoms with E-state index in [0.717, 1.165) is 51.4 Å². The number of quaternary nitrogens is 1. The second-order valence-corrected chi connectivity index (χ2v) is 16.1. The summed E-state index contributed by atoms with van der Waals surface area (Å²) < 4.78 is 50.6. The summed E-state index contributed by atoms with van der Waals surface area (Å²) in [6, 6.07) is 0. The Morgan fingerprint density at radius 2 is 1.17 bits per heavy atom. The van der Waals surface area contributed by atoms with Crippen LogP contribution in [0.15, 0.2) is 60.8 Å². The Kier molecular flexibility index (Phi) is 31.0. The minimum absolute atomic E-state index is 0.0425. The van der Waals surface area contributed by atoms with E-state index in [1.165, 1.54) is 78.3 Å². The number of esters is 1. The highest BCUT2D eigenvalue weighted by Gasteiger charge is 2.18. The van der Waals surface area contributed by atoms with Crippen molar-refractivity contribution in [2.75, 3.05) is 47.4 Å². The van der Waals surface area contributed by atoms with Crippen LogP contribution in [0, 0.1) is 5.92 Å². The van der Waals surface area contributed by atoms with E-state index in [4.69, 9.17) is 23.0 Å². The lowest BCUT2D eigenvalue weighted by Crippen LogP contribution is -2.37. The van der Waals surface area contributed by atoms with Gasteiger partial charge in [0, 0.05) is 18.8 Å². The minimum atomic E-state index is -4.70. The molecule has 0 aromatic rings. The van der Waals surface area contributed by atoms with E-state index < -0.39 is 25.3 Å². The van der Waals surface area contributed by atoms with Crippen LogP contribution in [-0.4, -0.2) is 69.0 Å². The molecule has 0 heterocycles. The zero-order valence-corrected chi connectivity index (χ0v) is 35.0. The molecule has 0 aliphatic heterocycles. The zero-order valence-electron chi connectivity index (χ0n) is 37.1. The van der Waals surface area contributed by atoms with Crippen LogP contribution in [0.2, 0.25) is 0 Å². The lowest BCUT2D eigenvalue weighted by atomic mass is 10.0. The molecule has 9 nitrogen and oxygen atoms in total. The SMILES string of the molecule is [2H]C([2H])([2H])[N+](C)(C)CCOP(=O)([O-])OCC(CC/C=C\C/C=C\C/C=C\C/C=C\C/C=C\CCCC(=O)O)COC(=O)CCCCCCCCCCCCCCC. The first-order chi connectivity index (χ1) is 27.2. The molecule has 0 aromatic heterocycles. The molecule has 54 heavy (non-hydrogen) atoms. The van der Waals surface area contributed by atoms with Crippen LogP contribution < -0.4 is 4.89 Å². The van der Waals surface area contributed by atoms with Crippen LogP contribution in [0.4, 0.5) is 0 Å². The van der Waals surface area contributed by atoms with E-state index in [-0.39, 0.29) is 44.7 Å². The number of nitrogens with zero attached hydrogens (tertiary/aromatic N) is 1. The number of phosphoric acid groups is 1. The number of hydrogen-bond acceptors (Lipinski definition) is 7. The summed E-state index contributed by atoms with van der Waals surface area (Å²) in [6.45, 7) is -0.603. The topological polar surface area (TPSA) is 122 Å². The third-order valence-corrected chi connectivity index (χ3v) is 9.72. The highest BCUT2D eigenvalue weighted by Crippen LogP contribution is 2.39. The number of unbranched alkanes of at least 4 members (excludes halogenated alkanes) is 13. The molecular formula is C44H78NO8P. The molecule has 312 valence electrons. The van der Waals surface area contributed by atoms with Crippen molar-refractivity contribution in [2.45, 2.75) is 155 Å². The Morgan fingerprint density at radius 1 is 0.685 bits per heavy atom. The second-order valence-electron chi connectivity index (χ2n) is 14.7. The van der Waals surface area contributed by atoms with Crippen molar-refractivity contribution in [3.05, 3.63) is 60.8 Å². The molecule has 2 atom stereocenters. The molecule has 0 radical (unpaired) electrons. The van der Waals surface area contributed by atoms with E-state index in [2.05, 4.69) is 49.5 Å². The largest absolute Gasteiger partial charge is 0.756 e. The Bertz CT molecular complexity index is 1220. The van der Waals surface area contributed by atoms with Crippen molar-refractivity contribution >= 4 is 19.8 Å². The molecule has 2 unspecified atom stereocenters. The van der Waals surface area contributed by atoms with Gasteiger partial charge in [-0.15, -0.1) is 0 Å². The number of carboxylic acid groups (broad SMARTS) is 1. The summed E-state index contributed by atoms with van der Waals surface area (Å²) >= 11 is 0. The molecule has 0 saturated heterocycles. The lowest BCUT2D eigenvalue weighted by molar-refractivity contribution is -0.870. The number of likely N-dealkylation sites (N-methyl/N-ethyl adjacent to an activating group) is 1. The fraction of sp³-hybridized carbons (Fsp3) is 0.727. The summed E-state index contributed by atoms with van der Waals surface area (Å²) in [5.41, 5.74) is 0. The van der Waals surface area contributed by atoms with Crippen molar-refractivity contribution in [1.29, 1.82) is 0 Å². The molecule has 0 bridgehead atoms. The molecule has 0 rings (SSSR count). The summed E-state index contributed by atoms with van der Waals surface area (Å²) in [5.74, 6) is -1.41. The number of hydrogen-bond donors (Lipinski definition) is 1. The highest BCUT2D eigenvalue weighted by atomic mass is 31.2. The maximum absolute atomic E-state index is 12.5. The van der Waals surface area contributed by atoms with E-state index in [1.54, 1.807) is 0 Å². The van der Waals surface area contributed by atoms with Gasteiger partial charge in [0.2, 0.25) is 0 Å². The van der Waals surface area contributed by atoms with Gasteiger partial charge in [-0.05, 0) is 57.8 Å². The van der Waals surface area contributed by atoms with Crippen molar-refractivity contribution in [1.82, 2.24) is 0 Å². The molecule has 0 fully saturated rings. The molecule has 0 aliphatic rings. The van der Waals surface area contributed by atoms with Crippen LogP contribution in [0.25, 0.3) is 0 Å². The van der Waals surface area contributed by atoms with Gasteiger partial charge in [-0.3, -0.25) is 14.2 Å². The molecule has 0 spiro atoms. The van der Waals surface area contributed by atoms with E-state index >= 15 is 0 Å². The first-order valence-corrected chi connectivity index (χ1v) is 22.2. The minimum Gasteiger partial charge on any atom is -0.756 e. The maximum Gasteiger partial charge on any atom is 0.305 e. The smallest absolute Gasteiger partial charge is 0.305 e. The van der Waals surface area contributed by atoms with E-state index in [9.17, 15) is 19.0 Å². The summed E-state index contributed by atoms with van der Waals surface area (Å²) in [7, 11) is -1.73. The van der Waals surface area contributed by atoms with Crippen LogP contribution in [0.3, 0.4) is 0 Å². The Morgan fingerprint density at radius 3 is 1.67 bits per heavy atom. The number of allylic oxidation sites excluding steroid dienone is 10. The molecule has 0 saturated carbocycles. The fourth-order valence-corrected chi connectivity index (χ4v) is 6.20. The van der Waals surface area contributed by atoms with Crippen LogP contribution in [-0.2, 0) is 27.9 Å². The van der Waals surface area contributed by atoms with Crippen molar-refractivity contribution in [3.8, 4) is 0 Å². The van der Waals surface area contributed by atoms with Crippen LogP contribution in [0.1, 0.15) is 159 Å². The normalized spacial score (nSPS) is 15.4. The Labute approximate surface area is 334 Å². The number of rotatable bonds is 38. The predicted molar refractivity (Wildman–Crippen MR) is 222 cm³/mol. The molecule has 0 aliphatic carbocycles. The summed E-state index contributed by atoms with van der Waals surface area (Å²) in [4.78, 5) is 35.5. The number of carbonyl (C=O) groups is 2. The fourth-order valence-electron chi connectivity index (χ4n) is 5.42. The average molecular weight is 783 g/mol. The molecule has 0 aromatic carbocycles. The third-order valence-electron chi connectivity index (χ3n) is 8.76. The number of carboxylic acids is 1. The van der Waals surface area contributed by atoms with Crippen molar-refractivity contribution in [3.63, 3.8) is 0 Å². The Hall–Kier alpha value is -2.29. The van der Waals surface area contributed by atoms with Gasteiger partial charge in [-0.2, -0.15) is 0 Å².